The molecule has 0 aromatic rings. The van der Waals surface area contributed by atoms with E-state index in [1.807, 2.05) is 0 Å². The quantitative estimate of drug-likeness (QED) is 0.363. The molecule has 0 aliphatic heterocycles. The van der Waals surface area contributed by atoms with Gasteiger partial charge in [-0.15, -0.1) is 0 Å². The van der Waals surface area contributed by atoms with Crippen LogP contribution in [0.1, 0.15) is 0 Å². The summed E-state index contributed by atoms with van der Waals surface area (Å²) in [5.41, 5.74) is 5.21. The standard InChI is InChI=1S/C5H11NO3S/c6-3(2-10)5(9)4(8)1-7/h2-5,7-9H,1,6H2/t3-,4+,5+/m1/s1. The van der Waals surface area contributed by atoms with Crippen LogP contribution in [0.2, 0.25) is 0 Å². The van der Waals surface area contributed by atoms with Crippen LogP contribution in [0.3, 0.4) is 0 Å². The summed E-state index contributed by atoms with van der Waals surface area (Å²) in [5, 5.41) is 27.2. The molecular formula is C5H11NO3S. The minimum absolute atomic E-state index is 0.516. The predicted molar refractivity (Wildman–Crippen MR) is 40.7 cm³/mol. The lowest BCUT2D eigenvalue weighted by Gasteiger charge is -2.18. The second kappa shape index (κ2) is 4.70. The van der Waals surface area contributed by atoms with Gasteiger partial charge in [-0.05, 0) is 5.37 Å². The molecule has 0 saturated heterocycles. The van der Waals surface area contributed by atoms with Gasteiger partial charge in [-0.3, -0.25) is 0 Å². The zero-order valence-electron chi connectivity index (χ0n) is 5.34. The minimum atomic E-state index is -1.21. The molecular weight excluding hydrogens is 154 g/mol. The maximum absolute atomic E-state index is 8.95. The molecule has 0 unspecified atom stereocenters. The maximum atomic E-state index is 8.95. The van der Waals surface area contributed by atoms with Gasteiger partial charge in [0.1, 0.15) is 12.2 Å². The van der Waals surface area contributed by atoms with Crippen molar-refractivity contribution in [2.24, 2.45) is 5.73 Å². The molecule has 0 rings (SSSR count). The van der Waals surface area contributed by atoms with E-state index in [0.29, 0.717) is 0 Å². The molecule has 0 radical (unpaired) electrons. The van der Waals surface area contributed by atoms with E-state index < -0.39 is 24.9 Å². The number of aliphatic hydroxyl groups excluding tert-OH is 3. The van der Waals surface area contributed by atoms with Crippen molar-refractivity contribution in [1.29, 1.82) is 0 Å². The Bertz CT molecular complexity index is 111. The van der Waals surface area contributed by atoms with Gasteiger partial charge in [-0.25, -0.2) is 0 Å². The van der Waals surface area contributed by atoms with Crippen LogP contribution in [0.25, 0.3) is 0 Å². The van der Waals surface area contributed by atoms with E-state index in [2.05, 4.69) is 12.2 Å². The van der Waals surface area contributed by atoms with Crippen LogP contribution in [0, 0.1) is 0 Å². The zero-order chi connectivity index (χ0) is 8.15. The van der Waals surface area contributed by atoms with Gasteiger partial charge in [0.25, 0.3) is 0 Å². The average Bonchev–Trinajstić information content (AvgIpc) is 2.00. The molecule has 5 heteroatoms. The topological polar surface area (TPSA) is 86.7 Å². The van der Waals surface area contributed by atoms with Crippen molar-refractivity contribution in [3.05, 3.63) is 0 Å². The fourth-order valence-corrected chi connectivity index (χ4v) is 0.606. The Hall–Kier alpha value is -0.0700. The van der Waals surface area contributed by atoms with E-state index in [4.69, 9.17) is 21.1 Å². The molecule has 0 aliphatic carbocycles. The highest BCUT2D eigenvalue weighted by molar-refractivity contribution is 7.79. The SMILES string of the molecule is N[C@H](C=S)[C@H](O)[C@@H](O)CO. The number of rotatable bonds is 4. The monoisotopic (exact) mass is 165 g/mol. The van der Waals surface area contributed by atoms with Crippen LogP contribution < -0.4 is 5.73 Å². The van der Waals surface area contributed by atoms with Crippen LogP contribution in [0.4, 0.5) is 0 Å². The van der Waals surface area contributed by atoms with E-state index in [-0.39, 0.29) is 0 Å². The van der Waals surface area contributed by atoms with Crippen molar-refractivity contribution in [3.63, 3.8) is 0 Å². The first-order valence-electron chi connectivity index (χ1n) is 2.81. The number of thiocarbonyl (C=S) groups is 1. The third-order valence-electron chi connectivity index (χ3n) is 1.13. The molecule has 0 spiro atoms. The average molecular weight is 165 g/mol. The summed E-state index contributed by atoms with van der Waals surface area (Å²) in [7, 11) is 0. The highest BCUT2D eigenvalue weighted by Gasteiger charge is 2.20. The fourth-order valence-electron chi connectivity index (χ4n) is 0.445. The Morgan fingerprint density at radius 2 is 2.00 bits per heavy atom. The lowest BCUT2D eigenvalue weighted by molar-refractivity contribution is -0.0157. The predicted octanol–water partition coefficient (Wildman–Crippen LogP) is -1.97. The Kier molecular flexibility index (Phi) is 4.67. The summed E-state index contributed by atoms with van der Waals surface area (Å²) in [6, 6.07) is -0.767. The van der Waals surface area contributed by atoms with Crippen molar-refractivity contribution < 1.29 is 15.3 Å². The summed E-state index contributed by atoms with van der Waals surface area (Å²) in [6.45, 7) is -0.516. The Balaban J connectivity index is 3.80. The largest absolute Gasteiger partial charge is 0.394 e. The molecule has 4 nitrogen and oxygen atoms in total. The van der Waals surface area contributed by atoms with Gasteiger partial charge in [0.2, 0.25) is 0 Å². The van der Waals surface area contributed by atoms with Gasteiger partial charge in [-0.2, -0.15) is 0 Å². The van der Waals surface area contributed by atoms with Gasteiger partial charge in [0.05, 0.1) is 12.6 Å². The molecule has 0 aromatic heterocycles. The molecule has 0 aromatic carbocycles. The number of nitrogens with two attached hydrogens (primary N) is 1. The summed E-state index contributed by atoms with van der Waals surface area (Å²) in [5.74, 6) is 0. The first kappa shape index (κ1) is 9.93. The molecule has 3 atom stereocenters. The van der Waals surface area contributed by atoms with Crippen molar-refractivity contribution in [2.45, 2.75) is 18.2 Å². The van der Waals surface area contributed by atoms with E-state index in [0.717, 1.165) is 5.37 Å². The molecule has 5 N–H and O–H groups in total. The highest BCUT2D eigenvalue weighted by Crippen LogP contribution is 1.94. The van der Waals surface area contributed by atoms with E-state index in [9.17, 15) is 0 Å². The lowest BCUT2D eigenvalue weighted by atomic mass is 10.1. The molecule has 0 bridgehead atoms. The summed E-state index contributed by atoms with van der Waals surface area (Å²) >= 11 is 4.42. The Morgan fingerprint density at radius 1 is 1.50 bits per heavy atom. The first-order chi connectivity index (χ1) is 4.63. The van der Waals surface area contributed by atoms with E-state index in [1.165, 1.54) is 0 Å². The highest BCUT2D eigenvalue weighted by atomic mass is 32.1. The van der Waals surface area contributed by atoms with Crippen molar-refractivity contribution >= 4 is 17.6 Å². The van der Waals surface area contributed by atoms with Gasteiger partial charge in [0.15, 0.2) is 0 Å². The smallest absolute Gasteiger partial charge is 0.105 e. The van der Waals surface area contributed by atoms with E-state index >= 15 is 0 Å². The summed E-state index contributed by atoms with van der Waals surface area (Å²) in [6.07, 6.45) is -2.39. The Morgan fingerprint density at radius 3 is 2.30 bits per heavy atom. The second-order valence-electron chi connectivity index (χ2n) is 1.95. The van der Waals surface area contributed by atoms with Crippen molar-refractivity contribution in [3.8, 4) is 0 Å². The maximum Gasteiger partial charge on any atom is 0.105 e. The molecule has 0 fully saturated rings. The molecule has 0 heterocycles. The Labute approximate surface area is 64.3 Å². The van der Waals surface area contributed by atoms with Crippen LogP contribution in [-0.2, 0) is 0 Å². The molecule has 0 saturated carbocycles. The van der Waals surface area contributed by atoms with Crippen molar-refractivity contribution in [1.82, 2.24) is 0 Å². The first-order valence-corrected chi connectivity index (χ1v) is 3.28. The molecule has 60 valence electrons. The van der Waals surface area contributed by atoms with E-state index in [1.54, 1.807) is 0 Å². The van der Waals surface area contributed by atoms with Crippen LogP contribution in [0.5, 0.6) is 0 Å². The summed E-state index contributed by atoms with van der Waals surface area (Å²) in [4.78, 5) is 0. The molecule has 0 aliphatic rings. The lowest BCUT2D eigenvalue weighted by Crippen LogP contribution is -2.45. The van der Waals surface area contributed by atoms with Crippen LogP contribution in [0.15, 0.2) is 0 Å². The minimum Gasteiger partial charge on any atom is -0.394 e. The van der Waals surface area contributed by atoms with Crippen LogP contribution >= 0.6 is 12.2 Å². The normalized spacial score (nSPS) is 19.6. The molecule has 10 heavy (non-hydrogen) atoms. The molecule has 0 amide bonds. The van der Waals surface area contributed by atoms with Gasteiger partial charge in [0, 0.05) is 0 Å². The zero-order valence-corrected chi connectivity index (χ0v) is 6.16. The third-order valence-corrected chi connectivity index (χ3v) is 1.45. The third kappa shape index (κ3) is 2.68. The van der Waals surface area contributed by atoms with Gasteiger partial charge in [-0.1, -0.05) is 12.2 Å². The van der Waals surface area contributed by atoms with Gasteiger partial charge >= 0.3 is 0 Å². The van der Waals surface area contributed by atoms with Crippen LogP contribution in [-0.4, -0.2) is 45.5 Å². The number of hydrogen-bond acceptors (Lipinski definition) is 5. The van der Waals surface area contributed by atoms with Gasteiger partial charge < -0.3 is 21.1 Å². The van der Waals surface area contributed by atoms with Crippen molar-refractivity contribution in [2.75, 3.05) is 6.61 Å². The fraction of sp³-hybridized carbons (Fsp3) is 0.800. The second-order valence-corrected chi connectivity index (χ2v) is 2.23. The number of aliphatic hydroxyl groups is 3. The number of hydrogen-bond donors (Lipinski definition) is 4. The summed E-state index contributed by atoms with van der Waals surface area (Å²) < 4.78 is 0.